The molecule has 0 aliphatic heterocycles. The van der Waals surface area contributed by atoms with Crippen molar-refractivity contribution in [3.05, 3.63) is 12.2 Å². The van der Waals surface area contributed by atoms with E-state index in [1.165, 1.54) is 77.0 Å². The molecule has 0 aliphatic carbocycles. The second kappa shape index (κ2) is 23.0. The van der Waals surface area contributed by atoms with Gasteiger partial charge in [0.1, 0.15) is 12.5 Å². The first-order valence-electron chi connectivity index (χ1n) is 13.1. The van der Waals surface area contributed by atoms with E-state index in [-0.39, 0.29) is 11.9 Å². The molecule has 0 saturated carbocycles. The minimum Gasteiger partial charge on any atom is -0.481 e. The lowest BCUT2D eigenvalue weighted by Gasteiger charge is -2.18. The maximum Gasteiger partial charge on any atom is 0.310 e. The van der Waals surface area contributed by atoms with Gasteiger partial charge in [-0.2, -0.15) is 0 Å². The highest BCUT2D eigenvalue weighted by Crippen LogP contribution is 2.11. The number of hydrogen-bond donors (Lipinski definition) is 1. The van der Waals surface area contributed by atoms with E-state index in [1.54, 1.807) is 0 Å². The van der Waals surface area contributed by atoms with E-state index in [9.17, 15) is 9.59 Å². The number of carboxylic acids is 1. The number of carbonyl (C=O) groups is 2. The van der Waals surface area contributed by atoms with Crippen LogP contribution in [0.1, 0.15) is 124 Å². The lowest BCUT2D eigenvalue weighted by molar-refractivity contribution is -0.145. The summed E-state index contributed by atoms with van der Waals surface area (Å²) in [6, 6.07) is 0. The molecule has 5 nitrogen and oxygen atoms in total. The van der Waals surface area contributed by atoms with Gasteiger partial charge in [0.15, 0.2) is 5.78 Å². The molecule has 0 radical (unpaired) electrons. The third kappa shape index (κ3) is 22.0. The normalized spacial score (nSPS) is 12.6. The van der Waals surface area contributed by atoms with Gasteiger partial charge in [0.2, 0.25) is 0 Å². The van der Waals surface area contributed by atoms with Crippen LogP contribution in [-0.4, -0.2) is 42.3 Å². The van der Waals surface area contributed by atoms with Crippen LogP contribution in [-0.2, 0) is 19.1 Å². The second-order valence-corrected chi connectivity index (χ2v) is 9.05. The molecule has 0 aromatic heterocycles. The Bertz CT molecular complexity index is 473. The van der Waals surface area contributed by atoms with Gasteiger partial charge in [0, 0.05) is 19.6 Å². The van der Waals surface area contributed by atoms with Gasteiger partial charge < -0.3 is 14.6 Å². The van der Waals surface area contributed by atoms with Crippen LogP contribution < -0.4 is 0 Å². The summed E-state index contributed by atoms with van der Waals surface area (Å²) in [7, 11) is 0. The SMILES string of the molecule is CCCCCCCCC=CCCCCCCCCOCCC(OC(C)C)C(=O)CC(=O)O. The summed E-state index contributed by atoms with van der Waals surface area (Å²) >= 11 is 0. The van der Waals surface area contributed by atoms with Gasteiger partial charge in [-0.15, -0.1) is 0 Å². The molecular weight excluding hydrogens is 404 g/mol. The van der Waals surface area contributed by atoms with Crippen LogP contribution in [0.25, 0.3) is 0 Å². The molecule has 0 spiro atoms. The van der Waals surface area contributed by atoms with E-state index < -0.39 is 18.5 Å². The maximum atomic E-state index is 11.9. The van der Waals surface area contributed by atoms with Gasteiger partial charge in [0.05, 0.1) is 6.10 Å². The molecule has 0 aromatic rings. The molecule has 1 N–H and O–H groups in total. The van der Waals surface area contributed by atoms with Gasteiger partial charge in [0.25, 0.3) is 0 Å². The van der Waals surface area contributed by atoms with Crippen molar-refractivity contribution in [2.45, 2.75) is 136 Å². The van der Waals surface area contributed by atoms with Crippen LogP contribution in [0.5, 0.6) is 0 Å². The fourth-order valence-electron chi connectivity index (χ4n) is 3.64. The third-order valence-corrected chi connectivity index (χ3v) is 5.45. The summed E-state index contributed by atoms with van der Waals surface area (Å²) in [5.74, 6) is -1.50. The van der Waals surface area contributed by atoms with Crippen LogP contribution in [0.3, 0.4) is 0 Å². The van der Waals surface area contributed by atoms with Crippen molar-refractivity contribution in [1.82, 2.24) is 0 Å². The van der Waals surface area contributed by atoms with Crippen LogP contribution >= 0.6 is 0 Å². The fraction of sp³-hybridized carbons (Fsp3) is 0.852. The highest BCUT2D eigenvalue weighted by molar-refractivity contribution is 5.97. The largest absolute Gasteiger partial charge is 0.481 e. The van der Waals surface area contributed by atoms with Crippen LogP contribution in [0.2, 0.25) is 0 Å². The van der Waals surface area contributed by atoms with Crippen molar-refractivity contribution in [1.29, 1.82) is 0 Å². The molecule has 0 bridgehead atoms. The number of aliphatic carboxylic acids is 1. The number of rotatable bonds is 24. The van der Waals surface area contributed by atoms with E-state index >= 15 is 0 Å². The quantitative estimate of drug-likeness (QED) is 0.0943. The van der Waals surface area contributed by atoms with Crippen molar-refractivity contribution < 1.29 is 24.2 Å². The summed E-state index contributed by atoms with van der Waals surface area (Å²) in [5, 5.41) is 8.79. The van der Waals surface area contributed by atoms with E-state index in [0.717, 1.165) is 12.8 Å². The summed E-state index contributed by atoms with van der Waals surface area (Å²) in [4.78, 5) is 22.7. The fourth-order valence-corrected chi connectivity index (χ4v) is 3.64. The number of allylic oxidation sites excluding steroid dienone is 2. The molecule has 0 rings (SSSR count). The minimum absolute atomic E-state index is 0.117. The zero-order valence-corrected chi connectivity index (χ0v) is 21.1. The lowest BCUT2D eigenvalue weighted by atomic mass is 10.1. The Morgan fingerprint density at radius 3 is 1.84 bits per heavy atom. The average Bonchev–Trinajstić information content (AvgIpc) is 2.73. The molecule has 1 atom stereocenters. The molecular formula is C27H50O5. The Morgan fingerprint density at radius 2 is 1.31 bits per heavy atom. The maximum absolute atomic E-state index is 11.9. The van der Waals surface area contributed by atoms with Crippen molar-refractivity contribution >= 4 is 11.8 Å². The molecule has 188 valence electrons. The summed E-state index contributed by atoms with van der Waals surface area (Å²) in [6.07, 6.45) is 21.8. The topological polar surface area (TPSA) is 72.8 Å². The van der Waals surface area contributed by atoms with Crippen molar-refractivity contribution in [3.63, 3.8) is 0 Å². The number of ketones is 1. The Balaban J connectivity index is 3.49. The van der Waals surface area contributed by atoms with Crippen molar-refractivity contribution in [2.75, 3.05) is 13.2 Å². The van der Waals surface area contributed by atoms with Gasteiger partial charge in [-0.3, -0.25) is 9.59 Å². The van der Waals surface area contributed by atoms with E-state index in [2.05, 4.69) is 19.1 Å². The van der Waals surface area contributed by atoms with Crippen molar-refractivity contribution in [3.8, 4) is 0 Å². The Labute approximate surface area is 197 Å². The molecule has 0 fully saturated rings. The number of carbonyl (C=O) groups excluding carboxylic acids is 1. The first kappa shape index (κ1) is 30.8. The standard InChI is InChI=1S/C27H50O5/c1-4-5-6-7-8-9-10-11-12-13-14-15-16-17-18-19-21-31-22-20-26(32-24(2)3)25(28)23-27(29)30/h11-12,24,26H,4-10,13-23H2,1-3H3,(H,29,30). The van der Waals surface area contributed by atoms with Crippen LogP contribution in [0.15, 0.2) is 12.2 Å². The molecule has 0 amide bonds. The Morgan fingerprint density at radius 1 is 0.781 bits per heavy atom. The first-order chi connectivity index (χ1) is 15.5. The Hall–Kier alpha value is -1.20. The predicted molar refractivity (Wildman–Crippen MR) is 132 cm³/mol. The third-order valence-electron chi connectivity index (χ3n) is 5.45. The van der Waals surface area contributed by atoms with E-state index in [0.29, 0.717) is 19.6 Å². The van der Waals surface area contributed by atoms with Gasteiger partial charge >= 0.3 is 5.97 Å². The van der Waals surface area contributed by atoms with Crippen LogP contribution in [0.4, 0.5) is 0 Å². The van der Waals surface area contributed by atoms with Gasteiger partial charge in [-0.25, -0.2) is 0 Å². The number of ether oxygens (including phenoxy) is 2. The Kier molecular flexibility index (Phi) is 22.1. The summed E-state index contributed by atoms with van der Waals surface area (Å²) in [6.45, 7) is 7.05. The summed E-state index contributed by atoms with van der Waals surface area (Å²) < 4.78 is 11.2. The first-order valence-corrected chi connectivity index (χ1v) is 13.1. The van der Waals surface area contributed by atoms with E-state index in [1.807, 2.05) is 13.8 Å². The van der Waals surface area contributed by atoms with Gasteiger partial charge in [-0.1, -0.05) is 76.9 Å². The van der Waals surface area contributed by atoms with E-state index in [4.69, 9.17) is 14.6 Å². The molecule has 1 unspecified atom stereocenters. The molecule has 0 aliphatic rings. The predicted octanol–water partition coefficient (Wildman–Crippen LogP) is 7.27. The minimum atomic E-state index is -1.11. The number of carboxylic acid groups (broad SMARTS) is 1. The lowest BCUT2D eigenvalue weighted by Crippen LogP contribution is -2.30. The van der Waals surface area contributed by atoms with Gasteiger partial charge in [-0.05, 0) is 46.0 Å². The number of unbranched alkanes of at least 4 members (excludes halogenated alkanes) is 12. The average molecular weight is 455 g/mol. The monoisotopic (exact) mass is 454 g/mol. The zero-order valence-electron chi connectivity index (χ0n) is 21.1. The van der Waals surface area contributed by atoms with Crippen molar-refractivity contribution in [2.24, 2.45) is 0 Å². The second-order valence-electron chi connectivity index (χ2n) is 9.05. The molecule has 32 heavy (non-hydrogen) atoms. The smallest absolute Gasteiger partial charge is 0.310 e. The number of hydrogen-bond acceptors (Lipinski definition) is 4. The number of Topliss-reactive ketones (excluding diaryl/α,β-unsaturated/α-hetero) is 1. The highest BCUT2D eigenvalue weighted by atomic mass is 16.5. The molecule has 0 saturated heterocycles. The summed E-state index contributed by atoms with van der Waals surface area (Å²) in [5.41, 5.74) is 0. The van der Waals surface area contributed by atoms with Crippen LogP contribution in [0, 0.1) is 0 Å². The molecule has 0 heterocycles. The molecule has 0 aromatic carbocycles. The zero-order chi connectivity index (χ0) is 23.9. The molecule has 5 heteroatoms. The highest BCUT2D eigenvalue weighted by Gasteiger charge is 2.22.